The number of ether oxygens (including phenoxy) is 2. The summed E-state index contributed by atoms with van der Waals surface area (Å²) >= 11 is 0. The number of amides is 1. The quantitative estimate of drug-likeness (QED) is 0.534. The molecule has 0 spiro atoms. The Balaban J connectivity index is 2.03. The average Bonchev–Trinajstić information content (AvgIpc) is 2.62. The molecule has 1 N–H and O–H groups in total. The van der Waals surface area contributed by atoms with Crippen LogP contribution in [-0.4, -0.2) is 31.3 Å². The zero-order valence-corrected chi connectivity index (χ0v) is 8.95. The van der Waals surface area contributed by atoms with Gasteiger partial charge in [-0.2, -0.15) is 0 Å². The Labute approximate surface area is 89.1 Å². The molecule has 0 saturated carbocycles. The van der Waals surface area contributed by atoms with Crippen LogP contribution in [0.2, 0.25) is 0 Å². The number of rotatable bonds is 6. The molecule has 1 aliphatic heterocycles. The van der Waals surface area contributed by atoms with E-state index in [4.69, 9.17) is 9.47 Å². The standard InChI is InChI=1S/C10H17NO4/c1-2-3-4-5-9(12)14-7-8-6-11-10(13)15-8/h8H,2-7H2,1H3,(H,11,13). The smallest absolute Gasteiger partial charge is 0.407 e. The van der Waals surface area contributed by atoms with Crippen LogP contribution < -0.4 is 5.32 Å². The van der Waals surface area contributed by atoms with E-state index in [1.807, 2.05) is 0 Å². The highest BCUT2D eigenvalue weighted by atomic mass is 16.6. The first-order chi connectivity index (χ1) is 7.22. The molecule has 0 radical (unpaired) electrons. The maximum Gasteiger partial charge on any atom is 0.407 e. The van der Waals surface area contributed by atoms with Crippen LogP contribution in [0.3, 0.4) is 0 Å². The minimum atomic E-state index is -0.443. The molecule has 1 unspecified atom stereocenters. The topological polar surface area (TPSA) is 64.6 Å². The van der Waals surface area contributed by atoms with Crippen molar-refractivity contribution in [3.8, 4) is 0 Å². The minimum absolute atomic E-state index is 0.156. The molecule has 1 saturated heterocycles. The lowest BCUT2D eigenvalue weighted by Crippen LogP contribution is -2.22. The van der Waals surface area contributed by atoms with Crippen molar-refractivity contribution in [2.24, 2.45) is 0 Å². The highest BCUT2D eigenvalue weighted by Crippen LogP contribution is 2.04. The van der Waals surface area contributed by atoms with E-state index >= 15 is 0 Å². The minimum Gasteiger partial charge on any atom is -0.462 e. The lowest BCUT2D eigenvalue weighted by Gasteiger charge is -2.08. The van der Waals surface area contributed by atoms with Crippen LogP contribution in [0.1, 0.15) is 32.6 Å². The van der Waals surface area contributed by atoms with Gasteiger partial charge in [-0.1, -0.05) is 19.8 Å². The number of unbranched alkanes of at least 4 members (excludes halogenated alkanes) is 2. The largest absolute Gasteiger partial charge is 0.462 e. The van der Waals surface area contributed by atoms with Crippen molar-refractivity contribution in [2.45, 2.75) is 38.7 Å². The number of hydrogen-bond donors (Lipinski definition) is 1. The van der Waals surface area contributed by atoms with Crippen LogP contribution in [0.15, 0.2) is 0 Å². The summed E-state index contributed by atoms with van der Waals surface area (Å²) in [6.45, 7) is 2.65. The molecule has 0 aromatic heterocycles. The summed E-state index contributed by atoms with van der Waals surface area (Å²) in [6.07, 6.45) is 2.65. The second-order valence-electron chi connectivity index (χ2n) is 3.55. The third-order valence-corrected chi connectivity index (χ3v) is 2.16. The van der Waals surface area contributed by atoms with E-state index in [0.717, 1.165) is 19.3 Å². The molecule has 0 bridgehead atoms. The highest BCUT2D eigenvalue weighted by Gasteiger charge is 2.23. The number of cyclic esters (lactones) is 1. The second-order valence-corrected chi connectivity index (χ2v) is 3.55. The van der Waals surface area contributed by atoms with Crippen LogP contribution in [0.5, 0.6) is 0 Å². The molecule has 5 nitrogen and oxygen atoms in total. The predicted molar refractivity (Wildman–Crippen MR) is 53.4 cm³/mol. The molecule has 1 aliphatic rings. The monoisotopic (exact) mass is 215 g/mol. The maximum atomic E-state index is 11.2. The van der Waals surface area contributed by atoms with Gasteiger partial charge in [-0.05, 0) is 6.42 Å². The lowest BCUT2D eigenvalue weighted by molar-refractivity contribution is -0.146. The number of hydrogen-bond acceptors (Lipinski definition) is 4. The maximum absolute atomic E-state index is 11.2. The molecule has 1 rings (SSSR count). The molecule has 0 aromatic rings. The van der Waals surface area contributed by atoms with E-state index in [2.05, 4.69) is 12.2 Å². The summed E-state index contributed by atoms with van der Waals surface area (Å²) in [6, 6.07) is 0. The molecule has 5 heteroatoms. The van der Waals surface area contributed by atoms with Gasteiger partial charge in [0.15, 0.2) is 6.10 Å². The fraction of sp³-hybridized carbons (Fsp3) is 0.800. The summed E-state index contributed by atoms with van der Waals surface area (Å²) < 4.78 is 9.77. The first kappa shape index (κ1) is 11.8. The normalized spacial score (nSPS) is 19.5. The number of alkyl carbamates (subject to hydrolysis) is 1. The van der Waals surface area contributed by atoms with Crippen LogP contribution in [0.4, 0.5) is 4.79 Å². The summed E-state index contributed by atoms with van der Waals surface area (Å²) in [5.74, 6) is -0.216. The Hall–Kier alpha value is -1.26. The van der Waals surface area contributed by atoms with Gasteiger partial charge in [0.25, 0.3) is 0 Å². The second kappa shape index (κ2) is 6.27. The van der Waals surface area contributed by atoms with Crippen molar-refractivity contribution >= 4 is 12.1 Å². The van der Waals surface area contributed by atoms with E-state index in [-0.39, 0.29) is 18.7 Å². The van der Waals surface area contributed by atoms with Crippen LogP contribution in [0, 0.1) is 0 Å². The molecule has 0 aromatic carbocycles. The summed E-state index contributed by atoms with van der Waals surface area (Å²) in [5.41, 5.74) is 0. The first-order valence-electron chi connectivity index (χ1n) is 5.32. The summed E-state index contributed by atoms with van der Waals surface area (Å²) in [4.78, 5) is 21.8. The van der Waals surface area contributed by atoms with E-state index in [1.54, 1.807) is 0 Å². The van der Waals surface area contributed by atoms with E-state index in [0.29, 0.717) is 13.0 Å². The molecular formula is C10H17NO4. The molecule has 1 heterocycles. The Kier molecular flexibility index (Phi) is 4.93. The number of carbonyl (C=O) groups excluding carboxylic acids is 2. The SMILES string of the molecule is CCCCCC(=O)OCC1CNC(=O)O1. The zero-order valence-electron chi connectivity index (χ0n) is 8.95. The van der Waals surface area contributed by atoms with Gasteiger partial charge < -0.3 is 14.8 Å². The van der Waals surface area contributed by atoms with Gasteiger partial charge in [0.1, 0.15) is 6.61 Å². The van der Waals surface area contributed by atoms with Crippen LogP contribution in [0.25, 0.3) is 0 Å². The van der Waals surface area contributed by atoms with Crippen molar-refractivity contribution in [3.63, 3.8) is 0 Å². The van der Waals surface area contributed by atoms with Crippen molar-refractivity contribution in [1.82, 2.24) is 5.32 Å². The third kappa shape index (κ3) is 4.67. The van der Waals surface area contributed by atoms with Gasteiger partial charge in [-0.3, -0.25) is 4.79 Å². The number of carbonyl (C=O) groups is 2. The molecule has 1 atom stereocenters. The molecular weight excluding hydrogens is 198 g/mol. The van der Waals surface area contributed by atoms with Crippen molar-refractivity contribution in [2.75, 3.05) is 13.2 Å². The third-order valence-electron chi connectivity index (χ3n) is 2.16. The predicted octanol–water partition coefficient (Wildman–Crippen LogP) is 1.22. The van der Waals surface area contributed by atoms with Crippen LogP contribution >= 0.6 is 0 Å². The van der Waals surface area contributed by atoms with Gasteiger partial charge in [0, 0.05) is 6.42 Å². The first-order valence-corrected chi connectivity index (χ1v) is 5.32. The van der Waals surface area contributed by atoms with Gasteiger partial charge in [0.2, 0.25) is 0 Å². The van der Waals surface area contributed by atoms with E-state index in [9.17, 15) is 9.59 Å². The Morgan fingerprint density at radius 2 is 2.40 bits per heavy atom. The Bertz CT molecular complexity index is 229. The van der Waals surface area contributed by atoms with E-state index < -0.39 is 6.09 Å². The number of nitrogens with one attached hydrogen (secondary N) is 1. The lowest BCUT2D eigenvalue weighted by atomic mass is 10.2. The van der Waals surface area contributed by atoms with Gasteiger partial charge >= 0.3 is 12.1 Å². The number of esters is 1. The van der Waals surface area contributed by atoms with E-state index in [1.165, 1.54) is 0 Å². The van der Waals surface area contributed by atoms with Crippen LogP contribution in [-0.2, 0) is 14.3 Å². The fourth-order valence-electron chi connectivity index (χ4n) is 1.30. The molecule has 86 valence electrons. The molecule has 15 heavy (non-hydrogen) atoms. The van der Waals surface area contributed by atoms with Gasteiger partial charge in [0.05, 0.1) is 6.54 Å². The van der Waals surface area contributed by atoms with Crippen molar-refractivity contribution < 1.29 is 19.1 Å². The Morgan fingerprint density at radius 1 is 1.60 bits per heavy atom. The van der Waals surface area contributed by atoms with Crippen molar-refractivity contribution in [3.05, 3.63) is 0 Å². The molecule has 0 aliphatic carbocycles. The zero-order chi connectivity index (χ0) is 11.1. The Morgan fingerprint density at radius 3 is 3.00 bits per heavy atom. The van der Waals surface area contributed by atoms with Crippen molar-refractivity contribution in [1.29, 1.82) is 0 Å². The average molecular weight is 215 g/mol. The molecule has 1 fully saturated rings. The fourth-order valence-corrected chi connectivity index (χ4v) is 1.30. The van der Waals surface area contributed by atoms with Gasteiger partial charge in [-0.15, -0.1) is 0 Å². The highest BCUT2D eigenvalue weighted by molar-refractivity contribution is 5.70. The molecule has 1 amide bonds. The summed E-state index contributed by atoms with van der Waals surface area (Å²) in [7, 11) is 0. The summed E-state index contributed by atoms with van der Waals surface area (Å²) in [5, 5.41) is 2.49. The van der Waals surface area contributed by atoms with Gasteiger partial charge in [-0.25, -0.2) is 4.79 Å².